The van der Waals surface area contributed by atoms with Crippen molar-refractivity contribution < 1.29 is 19.1 Å². The summed E-state index contributed by atoms with van der Waals surface area (Å²) in [6, 6.07) is 24.5. The molecule has 0 aromatic heterocycles. The van der Waals surface area contributed by atoms with Gasteiger partial charge in [-0.25, -0.2) is 10.2 Å². The number of hydrogen-bond acceptors (Lipinski definition) is 5. The predicted octanol–water partition coefficient (Wildman–Crippen LogP) is 6.28. The normalized spacial score (nSPS) is 11.9. The molecule has 0 unspecified atom stereocenters. The van der Waals surface area contributed by atoms with Crippen molar-refractivity contribution in [3.8, 4) is 11.5 Å². The number of ether oxygens (including phenoxy) is 2. The molecule has 0 radical (unpaired) electrons. The van der Waals surface area contributed by atoms with Gasteiger partial charge in [-0.2, -0.15) is 5.10 Å². The van der Waals surface area contributed by atoms with Gasteiger partial charge in [-0.15, -0.1) is 0 Å². The minimum Gasteiger partial charge on any atom is -0.479 e. The summed E-state index contributed by atoms with van der Waals surface area (Å²) in [5.74, 6) is -0.351. The van der Waals surface area contributed by atoms with Gasteiger partial charge in [0.05, 0.1) is 16.8 Å². The van der Waals surface area contributed by atoms with Crippen molar-refractivity contribution >= 4 is 52.1 Å². The van der Waals surface area contributed by atoms with Gasteiger partial charge < -0.3 is 9.47 Å². The van der Waals surface area contributed by atoms with Gasteiger partial charge in [0, 0.05) is 10.6 Å². The fraction of sp³-hybridized carbons (Fsp3) is 0.0741. The van der Waals surface area contributed by atoms with Crippen LogP contribution in [0.4, 0.5) is 0 Å². The zero-order valence-electron chi connectivity index (χ0n) is 18.6. The maximum Gasteiger partial charge on any atom is 0.343 e. The molecule has 8 heteroatoms. The van der Waals surface area contributed by atoms with Crippen LogP contribution in [-0.2, 0) is 4.79 Å². The van der Waals surface area contributed by atoms with Crippen LogP contribution in [0, 0.1) is 0 Å². The first-order valence-electron chi connectivity index (χ1n) is 10.7. The van der Waals surface area contributed by atoms with Gasteiger partial charge in [0.1, 0.15) is 11.5 Å². The number of benzene rings is 4. The van der Waals surface area contributed by atoms with Crippen molar-refractivity contribution in [2.75, 3.05) is 0 Å². The fourth-order valence-electron chi connectivity index (χ4n) is 3.30. The van der Waals surface area contributed by atoms with E-state index in [-0.39, 0.29) is 0 Å². The molecule has 4 aromatic carbocycles. The first kappa shape index (κ1) is 24.3. The summed E-state index contributed by atoms with van der Waals surface area (Å²) in [5, 5.41) is 6.57. The van der Waals surface area contributed by atoms with Crippen LogP contribution in [0.1, 0.15) is 22.8 Å². The standard InChI is InChI=1S/C27H20Cl2N2O4/c1-17(34-25-14-12-20(28)15-23(25)29)26(32)31-30-16-22-21-10-6-5-7-18(21)11-13-24(22)35-27(33)19-8-3-2-4-9-19/h2-17H,1H3,(H,31,32)/b30-16-/t17-/m1/s1. The Morgan fingerprint density at radius 1 is 0.914 bits per heavy atom. The van der Waals surface area contributed by atoms with E-state index in [4.69, 9.17) is 32.7 Å². The van der Waals surface area contributed by atoms with E-state index in [2.05, 4.69) is 10.5 Å². The van der Waals surface area contributed by atoms with Crippen LogP contribution in [0.15, 0.2) is 90.0 Å². The van der Waals surface area contributed by atoms with Crippen LogP contribution < -0.4 is 14.9 Å². The summed E-state index contributed by atoms with van der Waals surface area (Å²) in [6.07, 6.45) is 0.559. The Hall–Kier alpha value is -3.87. The van der Waals surface area contributed by atoms with Crippen LogP contribution in [-0.4, -0.2) is 24.2 Å². The Kier molecular flexibility index (Phi) is 7.65. The highest BCUT2D eigenvalue weighted by atomic mass is 35.5. The van der Waals surface area contributed by atoms with Gasteiger partial charge >= 0.3 is 5.97 Å². The van der Waals surface area contributed by atoms with Crippen LogP contribution in [0.25, 0.3) is 10.8 Å². The van der Waals surface area contributed by atoms with Crippen LogP contribution >= 0.6 is 23.2 Å². The quantitative estimate of drug-likeness (QED) is 0.138. The number of hydrogen-bond donors (Lipinski definition) is 1. The van der Waals surface area contributed by atoms with Crippen LogP contribution in [0.3, 0.4) is 0 Å². The third-order valence-electron chi connectivity index (χ3n) is 5.08. The molecule has 0 aliphatic heterocycles. The second-order valence-electron chi connectivity index (χ2n) is 7.52. The van der Waals surface area contributed by atoms with Crippen LogP contribution in [0.2, 0.25) is 10.0 Å². The number of carbonyl (C=O) groups is 2. The van der Waals surface area contributed by atoms with E-state index in [1.807, 2.05) is 36.4 Å². The molecule has 0 saturated heterocycles. The smallest absolute Gasteiger partial charge is 0.343 e. The molecule has 0 fully saturated rings. The fourth-order valence-corrected chi connectivity index (χ4v) is 3.75. The Morgan fingerprint density at radius 2 is 1.63 bits per heavy atom. The number of hydrazone groups is 1. The molecule has 6 nitrogen and oxygen atoms in total. The van der Waals surface area contributed by atoms with E-state index in [9.17, 15) is 9.59 Å². The predicted molar refractivity (Wildman–Crippen MR) is 138 cm³/mol. The summed E-state index contributed by atoms with van der Waals surface area (Å²) in [7, 11) is 0. The minimum atomic E-state index is -0.881. The topological polar surface area (TPSA) is 77.0 Å². The van der Waals surface area contributed by atoms with E-state index in [0.29, 0.717) is 32.7 Å². The maximum absolute atomic E-state index is 12.6. The molecule has 4 rings (SSSR count). The first-order chi connectivity index (χ1) is 16.9. The number of esters is 1. The van der Waals surface area contributed by atoms with Crippen molar-refractivity contribution in [2.45, 2.75) is 13.0 Å². The second kappa shape index (κ2) is 11.0. The van der Waals surface area contributed by atoms with Gasteiger partial charge in [-0.05, 0) is 54.1 Å². The lowest BCUT2D eigenvalue weighted by molar-refractivity contribution is -0.127. The molecule has 0 bridgehead atoms. The van der Waals surface area contributed by atoms with Gasteiger partial charge in [0.25, 0.3) is 5.91 Å². The summed E-state index contributed by atoms with van der Waals surface area (Å²) in [5.41, 5.74) is 3.42. The van der Waals surface area contributed by atoms with Crippen molar-refractivity contribution in [2.24, 2.45) is 5.10 Å². The molecule has 0 spiro atoms. The zero-order valence-corrected chi connectivity index (χ0v) is 20.1. The molecular weight excluding hydrogens is 487 g/mol. The second-order valence-corrected chi connectivity index (χ2v) is 8.37. The molecule has 176 valence electrons. The average molecular weight is 507 g/mol. The van der Waals surface area contributed by atoms with E-state index < -0.39 is 18.0 Å². The molecule has 1 N–H and O–H groups in total. The number of amides is 1. The van der Waals surface area contributed by atoms with E-state index >= 15 is 0 Å². The third-order valence-corrected chi connectivity index (χ3v) is 5.61. The highest BCUT2D eigenvalue weighted by molar-refractivity contribution is 6.35. The van der Waals surface area contributed by atoms with Crippen molar-refractivity contribution in [3.63, 3.8) is 0 Å². The minimum absolute atomic E-state index is 0.293. The number of carbonyl (C=O) groups excluding carboxylic acids is 2. The SMILES string of the molecule is C[C@@H](Oc1ccc(Cl)cc1Cl)C(=O)N/N=C\c1c(OC(=O)c2ccccc2)ccc2ccccc12. The molecule has 35 heavy (non-hydrogen) atoms. The summed E-state index contributed by atoms with van der Waals surface area (Å²) < 4.78 is 11.3. The molecule has 1 amide bonds. The average Bonchev–Trinajstić information content (AvgIpc) is 2.87. The van der Waals surface area contributed by atoms with E-state index in [0.717, 1.165) is 10.8 Å². The number of rotatable bonds is 7. The Morgan fingerprint density at radius 3 is 2.40 bits per heavy atom. The van der Waals surface area contributed by atoms with Crippen LogP contribution in [0.5, 0.6) is 11.5 Å². The van der Waals surface area contributed by atoms with Crippen molar-refractivity contribution in [1.29, 1.82) is 0 Å². The molecule has 1 atom stereocenters. The zero-order chi connectivity index (χ0) is 24.8. The molecule has 0 aliphatic rings. The molecule has 4 aromatic rings. The molecule has 0 heterocycles. The van der Waals surface area contributed by atoms with Crippen molar-refractivity contribution in [3.05, 3.63) is 106 Å². The largest absolute Gasteiger partial charge is 0.479 e. The maximum atomic E-state index is 12.6. The lowest BCUT2D eigenvalue weighted by atomic mass is 10.0. The highest BCUT2D eigenvalue weighted by Gasteiger charge is 2.17. The lowest BCUT2D eigenvalue weighted by Gasteiger charge is -2.14. The summed E-state index contributed by atoms with van der Waals surface area (Å²) in [4.78, 5) is 25.1. The summed E-state index contributed by atoms with van der Waals surface area (Å²) >= 11 is 12.0. The first-order valence-corrected chi connectivity index (χ1v) is 11.4. The number of fused-ring (bicyclic) bond motifs is 1. The Bertz CT molecular complexity index is 1410. The van der Waals surface area contributed by atoms with Gasteiger partial charge in [0.2, 0.25) is 0 Å². The lowest BCUT2D eigenvalue weighted by Crippen LogP contribution is -2.33. The van der Waals surface area contributed by atoms with E-state index in [1.165, 1.54) is 12.3 Å². The molecule has 0 saturated carbocycles. The van der Waals surface area contributed by atoms with E-state index in [1.54, 1.807) is 49.4 Å². The van der Waals surface area contributed by atoms with Gasteiger partial charge in [-0.3, -0.25) is 4.79 Å². The number of halogens is 2. The Labute approximate surface area is 212 Å². The molecule has 0 aliphatic carbocycles. The van der Waals surface area contributed by atoms with Gasteiger partial charge in [0.15, 0.2) is 6.10 Å². The molecular formula is C27H20Cl2N2O4. The summed E-state index contributed by atoms with van der Waals surface area (Å²) in [6.45, 7) is 1.57. The Balaban J connectivity index is 1.53. The van der Waals surface area contributed by atoms with Crippen molar-refractivity contribution in [1.82, 2.24) is 5.43 Å². The third kappa shape index (κ3) is 5.98. The monoisotopic (exact) mass is 506 g/mol. The number of nitrogens with one attached hydrogen (secondary N) is 1. The van der Waals surface area contributed by atoms with Gasteiger partial charge in [-0.1, -0.05) is 71.7 Å². The number of nitrogens with zero attached hydrogens (tertiary/aromatic N) is 1. The highest BCUT2D eigenvalue weighted by Crippen LogP contribution is 2.29.